The fraction of sp³-hybridized carbons (Fsp3) is 0.938. The van der Waals surface area contributed by atoms with Crippen molar-refractivity contribution in [1.82, 2.24) is 10.6 Å². The minimum absolute atomic E-state index is 0.196. The molecule has 1 saturated carbocycles. The number of guanidine groups is 1. The molecule has 1 aliphatic rings. The first-order valence-electron chi connectivity index (χ1n) is 7.95. The fourth-order valence-electron chi connectivity index (χ4n) is 2.82. The summed E-state index contributed by atoms with van der Waals surface area (Å²) < 4.78 is 10.7. The van der Waals surface area contributed by atoms with Gasteiger partial charge in [0.2, 0.25) is 0 Å². The van der Waals surface area contributed by atoms with Crippen LogP contribution in [0.5, 0.6) is 0 Å². The molecule has 0 atom stereocenters. The van der Waals surface area contributed by atoms with Crippen LogP contribution in [0, 0.1) is 5.41 Å². The molecule has 1 rings (SSSR count). The van der Waals surface area contributed by atoms with E-state index in [1.807, 2.05) is 7.05 Å². The molecule has 0 heterocycles. The number of hydrogen-bond donors (Lipinski definition) is 2. The molecular weight excluding hydrogens is 266 g/mol. The molecule has 5 nitrogen and oxygen atoms in total. The summed E-state index contributed by atoms with van der Waals surface area (Å²) in [4.78, 5) is 4.31. The summed E-state index contributed by atoms with van der Waals surface area (Å²) in [6.07, 6.45) is 6.34. The summed E-state index contributed by atoms with van der Waals surface area (Å²) in [6.45, 7) is 6.65. The molecule has 0 aliphatic heterocycles. The lowest BCUT2D eigenvalue weighted by Crippen LogP contribution is -2.48. The molecule has 5 heteroatoms. The van der Waals surface area contributed by atoms with Crippen molar-refractivity contribution in [3.63, 3.8) is 0 Å². The second-order valence-corrected chi connectivity index (χ2v) is 6.69. The molecule has 0 aromatic carbocycles. The maximum atomic E-state index is 5.42. The van der Waals surface area contributed by atoms with Gasteiger partial charge in [-0.05, 0) is 38.5 Å². The summed E-state index contributed by atoms with van der Waals surface area (Å²) in [5.74, 6) is 0.851. The first-order valence-corrected chi connectivity index (χ1v) is 7.95. The van der Waals surface area contributed by atoms with Crippen LogP contribution in [-0.4, -0.2) is 52.5 Å². The van der Waals surface area contributed by atoms with Gasteiger partial charge in [-0.1, -0.05) is 12.8 Å². The average Bonchev–Trinajstić information content (AvgIpc) is 2.94. The lowest BCUT2D eigenvalue weighted by molar-refractivity contribution is 0.0268. The van der Waals surface area contributed by atoms with Crippen molar-refractivity contribution in [2.24, 2.45) is 10.4 Å². The molecule has 2 N–H and O–H groups in total. The van der Waals surface area contributed by atoms with Crippen molar-refractivity contribution in [3.8, 4) is 0 Å². The maximum Gasteiger partial charge on any atom is 0.191 e. The predicted octanol–water partition coefficient (Wildman–Crippen LogP) is 2.17. The van der Waals surface area contributed by atoms with Crippen LogP contribution in [0.4, 0.5) is 0 Å². The maximum absolute atomic E-state index is 5.42. The molecule has 1 aliphatic carbocycles. The van der Waals surface area contributed by atoms with Crippen LogP contribution in [0.3, 0.4) is 0 Å². The Hall–Kier alpha value is -0.810. The Bertz CT molecular complexity index is 323. The van der Waals surface area contributed by atoms with Gasteiger partial charge in [-0.25, -0.2) is 0 Å². The molecule has 0 aromatic heterocycles. The number of nitrogens with one attached hydrogen (secondary N) is 2. The number of aliphatic imine (C=N–C) groups is 1. The first kappa shape index (κ1) is 18.2. The molecule has 0 bridgehead atoms. The average molecular weight is 299 g/mol. The van der Waals surface area contributed by atoms with Crippen molar-refractivity contribution in [3.05, 3.63) is 0 Å². The van der Waals surface area contributed by atoms with E-state index in [9.17, 15) is 0 Å². The highest BCUT2D eigenvalue weighted by Gasteiger charge is 2.33. The Morgan fingerprint density at radius 3 is 2.38 bits per heavy atom. The first-order chi connectivity index (χ1) is 9.97. The van der Waals surface area contributed by atoms with E-state index in [2.05, 4.69) is 29.5 Å². The highest BCUT2D eigenvalue weighted by molar-refractivity contribution is 5.79. The lowest BCUT2D eigenvalue weighted by Gasteiger charge is -2.30. The van der Waals surface area contributed by atoms with E-state index >= 15 is 0 Å². The third kappa shape index (κ3) is 6.22. The Kier molecular flexibility index (Phi) is 7.46. The Balaban J connectivity index is 2.45. The summed E-state index contributed by atoms with van der Waals surface area (Å²) >= 11 is 0. The standard InChI is InChI=1S/C16H33N3O2/c1-15(2,21-5)12-18-14(17-3)19-13-16(10-11-20-4)8-6-7-9-16/h6-13H2,1-5H3,(H2,17,18,19). The Morgan fingerprint density at radius 2 is 1.86 bits per heavy atom. The summed E-state index contributed by atoms with van der Waals surface area (Å²) in [5.41, 5.74) is 0.170. The molecule has 1 fully saturated rings. The Labute approximate surface area is 129 Å². The minimum atomic E-state index is -0.196. The molecule has 21 heavy (non-hydrogen) atoms. The van der Waals surface area contributed by atoms with E-state index in [0.29, 0.717) is 5.41 Å². The molecule has 0 spiro atoms. The van der Waals surface area contributed by atoms with Crippen LogP contribution in [-0.2, 0) is 9.47 Å². The highest BCUT2D eigenvalue weighted by atomic mass is 16.5. The van der Waals surface area contributed by atoms with E-state index in [0.717, 1.165) is 32.1 Å². The molecule has 0 amide bonds. The van der Waals surface area contributed by atoms with Crippen LogP contribution < -0.4 is 10.6 Å². The van der Waals surface area contributed by atoms with Crippen LogP contribution in [0.2, 0.25) is 0 Å². The van der Waals surface area contributed by atoms with Gasteiger partial charge in [0, 0.05) is 41.0 Å². The van der Waals surface area contributed by atoms with Crippen LogP contribution >= 0.6 is 0 Å². The van der Waals surface area contributed by atoms with E-state index < -0.39 is 0 Å². The smallest absolute Gasteiger partial charge is 0.191 e. The second-order valence-electron chi connectivity index (χ2n) is 6.69. The lowest BCUT2D eigenvalue weighted by atomic mass is 9.83. The third-order valence-corrected chi connectivity index (χ3v) is 4.59. The Morgan fingerprint density at radius 1 is 1.19 bits per heavy atom. The number of rotatable bonds is 8. The normalized spacial score (nSPS) is 18.8. The molecule has 0 unspecified atom stereocenters. The van der Waals surface area contributed by atoms with Gasteiger partial charge in [-0.3, -0.25) is 4.99 Å². The van der Waals surface area contributed by atoms with Crippen molar-refractivity contribution in [1.29, 1.82) is 0 Å². The van der Waals surface area contributed by atoms with Gasteiger partial charge < -0.3 is 20.1 Å². The molecule has 0 saturated heterocycles. The second kappa shape index (κ2) is 8.59. The highest BCUT2D eigenvalue weighted by Crippen LogP contribution is 2.40. The fourth-order valence-corrected chi connectivity index (χ4v) is 2.82. The van der Waals surface area contributed by atoms with Crippen molar-refractivity contribution in [2.75, 3.05) is 41.0 Å². The SMILES string of the molecule is CN=C(NCC1(CCOC)CCCC1)NCC(C)(C)OC. The number of nitrogens with zero attached hydrogens (tertiary/aromatic N) is 1. The van der Waals surface area contributed by atoms with Crippen LogP contribution in [0.1, 0.15) is 46.0 Å². The van der Waals surface area contributed by atoms with Crippen LogP contribution in [0.25, 0.3) is 0 Å². The summed E-state index contributed by atoms with van der Waals surface area (Å²) in [6, 6.07) is 0. The van der Waals surface area contributed by atoms with E-state index in [4.69, 9.17) is 9.47 Å². The van der Waals surface area contributed by atoms with Gasteiger partial charge in [0.1, 0.15) is 0 Å². The zero-order chi connectivity index (χ0) is 15.8. The number of methoxy groups -OCH3 is 2. The summed E-state index contributed by atoms with van der Waals surface area (Å²) in [7, 11) is 5.32. The van der Waals surface area contributed by atoms with Gasteiger partial charge >= 0.3 is 0 Å². The van der Waals surface area contributed by atoms with E-state index in [1.54, 1.807) is 14.2 Å². The number of hydrogen-bond acceptors (Lipinski definition) is 3. The van der Waals surface area contributed by atoms with Gasteiger partial charge in [0.05, 0.1) is 5.60 Å². The quantitative estimate of drug-likeness (QED) is 0.533. The largest absolute Gasteiger partial charge is 0.385 e. The van der Waals surface area contributed by atoms with Gasteiger partial charge in [0.25, 0.3) is 0 Å². The van der Waals surface area contributed by atoms with Crippen LogP contribution in [0.15, 0.2) is 4.99 Å². The topological polar surface area (TPSA) is 54.9 Å². The van der Waals surface area contributed by atoms with Crippen molar-refractivity contribution < 1.29 is 9.47 Å². The molecule has 0 radical (unpaired) electrons. The zero-order valence-corrected chi connectivity index (χ0v) is 14.4. The monoisotopic (exact) mass is 299 g/mol. The number of ether oxygens (including phenoxy) is 2. The van der Waals surface area contributed by atoms with E-state index in [-0.39, 0.29) is 5.60 Å². The molecule has 0 aromatic rings. The summed E-state index contributed by atoms with van der Waals surface area (Å²) in [5, 5.41) is 6.83. The predicted molar refractivity (Wildman–Crippen MR) is 87.8 cm³/mol. The molecular formula is C16H33N3O2. The van der Waals surface area contributed by atoms with Gasteiger partial charge in [0.15, 0.2) is 5.96 Å². The van der Waals surface area contributed by atoms with Crippen molar-refractivity contribution >= 4 is 5.96 Å². The van der Waals surface area contributed by atoms with E-state index in [1.165, 1.54) is 25.7 Å². The zero-order valence-electron chi connectivity index (χ0n) is 14.4. The van der Waals surface area contributed by atoms with Gasteiger partial charge in [-0.15, -0.1) is 0 Å². The third-order valence-electron chi connectivity index (χ3n) is 4.59. The van der Waals surface area contributed by atoms with Crippen molar-refractivity contribution in [2.45, 2.75) is 51.6 Å². The van der Waals surface area contributed by atoms with Gasteiger partial charge in [-0.2, -0.15) is 0 Å². The molecule has 124 valence electrons. The minimum Gasteiger partial charge on any atom is -0.385 e.